The SMILES string of the molecule is Cc1ccc(C(c2sc3nc(-c4ccco4)nn3c2O)N2CCCC(C)C2)cc1. The highest BCUT2D eigenvalue weighted by atomic mass is 32.1. The lowest BCUT2D eigenvalue weighted by molar-refractivity contribution is 0.149. The van der Waals surface area contributed by atoms with Crippen molar-refractivity contribution in [2.75, 3.05) is 13.1 Å². The number of aryl methyl sites for hydroxylation is 1. The molecule has 1 aliphatic heterocycles. The molecule has 0 aliphatic carbocycles. The molecular weight excluding hydrogens is 384 g/mol. The Morgan fingerprint density at radius 1 is 1.24 bits per heavy atom. The first-order valence-corrected chi connectivity index (χ1v) is 10.8. The van der Waals surface area contributed by atoms with Crippen molar-refractivity contribution in [1.82, 2.24) is 19.5 Å². The van der Waals surface area contributed by atoms with Crippen LogP contribution in [0.25, 0.3) is 16.5 Å². The monoisotopic (exact) mass is 408 g/mol. The van der Waals surface area contributed by atoms with Crippen LogP contribution < -0.4 is 0 Å². The highest BCUT2D eigenvalue weighted by Gasteiger charge is 2.32. The quantitative estimate of drug-likeness (QED) is 0.521. The number of hydrogen-bond acceptors (Lipinski definition) is 6. The number of thiazole rings is 1. The van der Waals surface area contributed by atoms with Crippen molar-refractivity contribution in [3.63, 3.8) is 0 Å². The van der Waals surface area contributed by atoms with Gasteiger partial charge in [-0.05, 0) is 49.9 Å². The maximum atomic E-state index is 11.1. The van der Waals surface area contributed by atoms with E-state index in [1.807, 2.05) is 6.07 Å². The number of aromatic hydroxyl groups is 1. The van der Waals surface area contributed by atoms with Crippen LogP contribution >= 0.6 is 11.3 Å². The van der Waals surface area contributed by atoms with E-state index in [1.165, 1.54) is 39.8 Å². The minimum Gasteiger partial charge on any atom is -0.492 e. The smallest absolute Gasteiger partial charge is 0.230 e. The largest absolute Gasteiger partial charge is 0.492 e. The Hall–Kier alpha value is -2.64. The summed E-state index contributed by atoms with van der Waals surface area (Å²) in [6.45, 7) is 6.44. The van der Waals surface area contributed by atoms with Crippen LogP contribution in [0.5, 0.6) is 5.88 Å². The van der Waals surface area contributed by atoms with Crippen molar-refractivity contribution in [3.05, 3.63) is 58.7 Å². The molecule has 6 nitrogen and oxygen atoms in total. The van der Waals surface area contributed by atoms with Crippen LogP contribution in [0.2, 0.25) is 0 Å². The first-order chi connectivity index (χ1) is 14.1. The minimum atomic E-state index is -0.00101. The predicted octanol–water partition coefficient (Wildman–Crippen LogP) is 4.89. The van der Waals surface area contributed by atoms with Gasteiger partial charge in [0.15, 0.2) is 5.76 Å². The van der Waals surface area contributed by atoms with Crippen molar-refractivity contribution in [3.8, 4) is 17.5 Å². The minimum absolute atomic E-state index is 0.00101. The lowest BCUT2D eigenvalue weighted by Gasteiger charge is -2.37. The van der Waals surface area contributed by atoms with Gasteiger partial charge in [0.05, 0.1) is 17.2 Å². The molecule has 3 aromatic heterocycles. The van der Waals surface area contributed by atoms with E-state index in [1.54, 1.807) is 12.3 Å². The van der Waals surface area contributed by atoms with Crippen molar-refractivity contribution in [1.29, 1.82) is 0 Å². The van der Waals surface area contributed by atoms with E-state index in [2.05, 4.69) is 53.1 Å². The van der Waals surface area contributed by atoms with Crippen LogP contribution in [0.1, 0.15) is 41.8 Å². The second kappa shape index (κ2) is 7.31. The molecule has 150 valence electrons. The molecule has 4 heterocycles. The van der Waals surface area contributed by atoms with Crippen LogP contribution in [0.3, 0.4) is 0 Å². The van der Waals surface area contributed by atoms with Gasteiger partial charge in [-0.25, -0.2) is 0 Å². The average molecular weight is 409 g/mol. The molecule has 0 spiro atoms. The van der Waals surface area contributed by atoms with Crippen LogP contribution in [-0.2, 0) is 0 Å². The van der Waals surface area contributed by atoms with Gasteiger partial charge in [-0.1, -0.05) is 48.1 Å². The summed E-state index contributed by atoms with van der Waals surface area (Å²) in [7, 11) is 0. The molecular formula is C22H24N4O2S. The van der Waals surface area contributed by atoms with Crippen LogP contribution in [-0.4, -0.2) is 37.7 Å². The van der Waals surface area contributed by atoms with Gasteiger partial charge in [0, 0.05) is 6.54 Å². The summed E-state index contributed by atoms with van der Waals surface area (Å²) >= 11 is 1.50. The second-order valence-corrected chi connectivity index (χ2v) is 8.96. The van der Waals surface area contributed by atoms with Crippen molar-refractivity contribution in [2.45, 2.75) is 32.7 Å². The first-order valence-electron chi connectivity index (χ1n) is 10.0. The third kappa shape index (κ3) is 3.34. The molecule has 4 aromatic rings. The molecule has 2 unspecified atom stereocenters. The summed E-state index contributed by atoms with van der Waals surface area (Å²) in [5.74, 6) is 1.90. The summed E-state index contributed by atoms with van der Waals surface area (Å²) in [5, 5.41) is 15.6. The van der Waals surface area contributed by atoms with E-state index in [4.69, 9.17) is 4.42 Å². The molecule has 1 saturated heterocycles. The number of piperidine rings is 1. The van der Waals surface area contributed by atoms with Gasteiger partial charge >= 0.3 is 0 Å². The van der Waals surface area contributed by atoms with Crippen LogP contribution in [0.15, 0.2) is 47.1 Å². The van der Waals surface area contributed by atoms with Gasteiger partial charge in [-0.15, -0.1) is 5.10 Å². The zero-order chi connectivity index (χ0) is 20.0. The van der Waals surface area contributed by atoms with Crippen molar-refractivity contribution < 1.29 is 9.52 Å². The molecule has 5 rings (SSSR count). The van der Waals surface area contributed by atoms with Gasteiger partial charge < -0.3 is 9.52 Å². The summed E-state index contributed by atoms with van der Waals surface area (Å²) in [6, 6.07) is 12.2. The van der Waals surface area contributed by atoms with Gasteiger partial charge in [-0.2, -0.15) is 9.50 Å². The molecule has 1 fully saturated rings. The van der Waals surface area contributed by atoms with Gasteiger partial charge in [0.1, 0.15) is 0 Å². The van der Waals surface area contributed by atoms with E-state index in [0.717, 1.165) is 18.0 Å². The summed E-state index contributed by atoms with van der Waals surface area (Å²) < 4.78 is 6.93. The predicted molar refractivity (Wildman–Crippen MR) is 113 cm³/mol. The number of hydrogen-bond donors (Lipinski definition) is 1. The number of benzene rings is 1. The fourth-order valence-electron chi connectivity index (χ4n) is 4.18. The van der Waals surface area contributed by atoms with Crippen LogP contribution in [0, 0.1) is 12.8 Å². The molecule has 1 aliphatic rings. The standard InChI is InChI=1S/C22H24N4O2S/c1-14-7-9-16(10-8-14)18(25-11-3-5-15(2)13-25)19-21(27)26-22(29-19)23-20(24-26)17-6-4-12-28-17/h4,6-10,12,15,18,27H,3,5,11,13H2,1-2H3. The van der Waals surface area contributed by atoms with Crippen LogP contribution in [0.4, 0.5) is 0 Å². The zero-order valence-corrected chi connectivity index (χ0v) is 17.4. The summed E-state index contributed by atoms with van der Waals surface area (Å²) in [4.78, 5) is 8.63. The van der Waals surface area contributed by atoms with Crippen molar-refractivity contribution in [2.24, 2.45) is 5.92 Å². The Bertz CT molecular complexity index is 1110. The van der Waals surface area contributed by atoms with E-state index in [-0.39, 0.29) is 11.9 Å². The maximum absolute atomic E-state index is 11.1. The van der Waals surface area contributed by atoms with E-state index in [0.29, 0.717) is 22.5 Å². The van der Waals surface area contributed by atoms with Gasteiger partial charge in [0.2, 0.25) is 16.7 Å². The Balaban J connectivity index is 1.59. The van der Waals surface area contributed by atoms with E-state index < -0.39 is 0 Å². The zero-order valence-electron chi connectivity index (χ0n) is 16.6. The molecule has 1 aromatic carbocycles. The normalized spacial score (nSPS) is 19.0. The summed E-state index contributed by atoms with van der Waals surface area (Å²) in [6.07, 6.45) is 4.03. The highest BCUT2D eigenvalue weighted by molar-refractivity contribution is 7.17. The highest BCUT2D eigenvalue weighted by Crippen LogP contribution is 2.41. The molecule has 7 heteroatoms. The molecule has 29 heavy (non-hydrogen) atoms. The number of likely N-dealkylation sites (tertiary alicyclic amines) is 1. The molecule has 2 atom stereocenters. The van der Waals surface area contributed by atoms with Crippen molar-refractivity contribution >= 4 is 16.3 Å². The van der Waals surface area contributed by atoms with Gasteiger partial charge in [0.25, 0.3) is 0 Å². The van der Waals surface area contributed by atoms with E-state index >= 15 is 0 Å². The lowest BCUT2D eigenvalue weighted by atomic mass is 9.95. The topological polar surface area (TPSA) is 66.8 Å². The molecule has 0 saturated carbocycles. The van der Waals surface area contributed by atoms with E-state index in [9.17, 15) is 5.11 Å². The number of fused-ring (bicyclic) bond motifs is 1. The Kier molecular flexibility index (Phi) is 4.64. The number of aromatic nitrogens is 3. The lowest BCUT2D eigenvalue weighted by Crippen LogP contribution is -2.37. The average Bonchev–Trinajstić information content (AvgIpc) is 3.43. The number of furan rings is 1. The third-order valence-corrected chi connectivity index (χ3v) is 6.71. The Labute approximate surface area is 173 Å². The third-order valence-electron chi connectivity index (χ3n) is 5.64. The second-order valence-electron chi connectivity index (χ2n) is 7.95. The fraction of sp³-hybridized carbons (Fsp3) is 0.364. The van der Waals surface area contributed by atoms with Gasteiger partial charge in [-0.3, -0.25) is 4.90 Å². The molecule has 0 radical (unpaired) electrons. The summed E-state index contributed by atoms with van der Waals surface area (Å²) in [5.41, 5.74) is 2.42. The molecule has 0 amide bonds. The Morgan fingerprint density at radius 3 is 2.76 bits per heavy atom. The fourth-order valence-corrected chi connectivity index (χ4v) is 5.29. The maximum Gasteiger partial charge on any atom is 0.230 e. The molecule has 0 bridgehead atoms. The Morgan fingerprint density at radius 2 is 2.07 bits per heavy atom. The number of nitrogens with zero attached hydrogens (tertiary/aromatic N) is 4. The number of rotatable bonds is 4. The molecule has 1 N–H and O–H groups in total. The first kappa shape index (κ1) is 18.4.